The number of hydrogen-bond donors (Lipinski definition) is 2. The first-order valence-corrected chi connectivity index (χ1v) is 9.54. The van der Waals surface area contributed by atoms with E-state index < -0.39 is 5.76 Å². The molecule has 2 N–H and O–H groups in total. The molecule has 142 valence electrons. The Hall–Kier alpha value is -1.86. The lowest BCUT2D eigenvalue weighted by molar-refractivity contribution is -0.116. The second-order valence-electron chi connectivity index (χ2n) is 6.39. The molecule has 1 heterocycles. The van der Waals surface area contributed by atoms with Gasteiger partial charge in [-0.15, -0.1) is 0 Å². The molecule has 0 saturated carbocycles. The average molecular weight is 382 g/mol. The molecular weight excluding hydrogens is 358 g/mol. The van der Waals surface area contributed by atoms with Gasteiger partial charge in [0.1, 0.15) is 11.5 Å². The third-order valence-corrected chi connectivity index (χ3v) is 4.20. The van der Waals surface area contributed by atoms with E-state index >= 15 is 0 Å². The van der Waals surface area contributed by atoms with Crippen molar-refractivity contribution in [3.63, 3.8) is 0 Å². The van der Waals surface area contributed by atoms with E-state index in [9.17, 15) is 13.6 Å². The summed E-state index contributed by atoms with van der Waals surface area (Å²) in [5.74, 6) is -0.657. The molecule has 0 atom stereocenters. The molecule has 0 aliphatic rings. The predicted molar refractivity (Wildman–Crippen MR) is 101 cm³/mol. The van der Waals surface area contributed by atoms with E-state index in [-0.39, 0.29) is 11.7 Å². The first kappa shape index (κ1) is 20.5. The second kappa shape index (κ2) is 10.3. The van der Waals surface area contributed by atoms with Crippen molar-refractivity contribution in [2.24, 2.45) is 5.92 Å². The van der Waals surface area contributed by atoms with Gasteiger partial charge in [-0.3, -0.25) is 4.79 Å². The highest BCUT2D eigenvalue weighted by atomic mass is 32.2. The fourth-order valence-electron chi connectivity index (χ4n) is 2.41. The number of rotatable bonds is 10. The van der Waals surface area contributed by atoms with Crippen molar-refractivity contribution in [3.05, 3.63) is 53.5 Å². The predicted octanol–water partition coefficient (Wildman–Crippen LogP) is 5.01. The van der Waals surface area contributed by atoms with Crippen LogP contribution >= 0.6 is 11.8 Å². The van der Waals surface area contributed by atoms with Gasteiger partial charge in [0, 0.05) is 18.7 Å². The molecule has 0 spiro atoms. The Morgan fingerprint density at radius 1 is 1.15 bits per heavy atom. The van der Waals surface area contributed by atoms with Gasteiger partial charge in [-0.05, 0) is 35.7 Å². The van der Waals surface area contributed by atoms with Crippen LogP contribution in [0.3, 0.4) is 0 Å². The molecule has 0 aliphatic heterocycles. The summed E-state index contributed by atoms with van der Waals surface area (Å²) in [6, 6.07) is 11.2. The van der Waals surface area contributed by atoms with Crippen molar-refractivity contribution in [3.8, 4) is 0 Å². The number of carbonyl (C=O) groups is 1. The Kier molecular flexibility index (Phi) is 8.12. The van der Waals surface area contributed by atoms with E-state index in [1.165, 1.54) is 0 Å². The van der Waals surface area contributed by atoms with E-state index in [1.54, 1.807) is 12.1 Å². The maximum Gasteiger partial charge on any atom is 0.284 e. The fourth-order valence-corrected chi connectivity index (χ4v) is 2.86. The lowest BCUT2D eigenvalue weighted by Gasteiger charge is -2.09. The number of nitrogens with one attached hydrogen (secondary N) is 2. The van der Waals surface area contributed by atoms with Gasteiger partial charge in [-0.25, -0.2) is 0 Å². The molecule has 0 bridgehead atoms. The molecule has 1 aromatic heterocycles. The topological polar surface area (TPSA) is 54.3 Å². The molecule has 0 fully saturated rings. The Labute approximate surface area is 156 Å². The summed E-state index contributed by atoms with van der Waals surface area (Å²) in [6.45, 7) is 5.12. The molecular formula is C19H24F2N2O2S. The summed E-state index contributed by atoms with van der Waals surface area (Å²) >= 11 is 0.546. The van der Waals surface area contributed by atoms with Crippen molar-refractivity contribution < 1.29 is 18.0 Å². The van der Waals surface area contributed by atoms with Gasteiger partial charge in [-0.1, -0.05) is 37.7 Å². The quantitative estimate of drug-likeness (QED) is 0.606. The first-order chi connectivity index (χ1) is 12.4. The van der Waals surface area contributed by atoms with E-state index in [0.717, 1.165) is 11.3 Å². The zero-order valence-electron chi connectivity index (χ0n) is 14.9. The summed E-state index contributed by atoms with van der Waals surface area (Å²) in [4.78, 5) is 11.8. The molecule has 4 nitrogen and oxygen atoms in total. The number of halogens is 2. The van der Waals surface area contributed by atoms with Gasteiger partial charge in [0.05, 0.1) is 12.3 Å². The minimum Gasteiger partial charge on any atom is -0.464 e. The molecule has 0 radical (unpaired) electrons. The Bertz CT molecular complexity index is 704. The van der Waals surface area contributed by atoms with Crippen molar-refractivity contribution in [1.82, 2.24) is 5.32 Å². The van der Waals surface area contributed by atoms with Crippen molar-refractivity contribution in [2.75, 3.05) is 5.32 Å². The third kappa shape index (κ3) is 7.58. The number of furan rings is 1. The molecule has 7 heteroatoms. The Morgan fingerprint density at radius 2 is 1.92 bits per heavy atom. The molecule has 1 amide bonds. The summed E-state index contributed by atoms with van der Waals surface area (Å²) in [5.41, 5.74) is 1.81. The van der Waals surface area contributed by atoms with Crippen LogP contribution in [0.1, 0.15) is 37.4 Å². The van der Waals surface area contributed by atoms with E-state index in [0.29, 0.717) is 48.7 Å². The van der Waals surface area contributed by atoms with Gasteiger partial charge in [0.15, 0.2) is 0 Å². The van der Waals surface area contributed by atoms with Gasteiger partial charge >= 0.3 is 0 Å². The van der Waals surface area contributed by atoms with Crippen LogP contribution in [0.2, 0.25) is 0 Å². The monoisotopic (exact) mass is 382 g/mol. The number of thioether (sulfide) groups is 1. The number of benzene rings is 1. The lowest BCUT2D eigenvalue weighted by atomic mass is 10.1. The van der Waals surface area contributed by atoms with Crippen LogP contribution in [0.25, 0.3) is 0 Å². The zero-order chi connectivity index (χ0) is 18.9. The molecule has 2 aromatic rings. The maximum atomic E-state index is 12.2. The Morgan fingerprint density at radius 3 is 2.65 bits per heavy atom. The van der Waals surface area contributed by atoms with Gasteiger partial charge < -0.3 is 15.1 Å². The van der Waals surface area contributed by atoms with Crippen LogP contribution in [-0.2, 0) is 23.6 Å². The van der Waals surface area contributed by atoms with Gasteiger partial charge in [0.2, 0.25) is 5.91 Å². The van der Waals surface area contributed by atoms with Crippen molar-refractivity contribution in [2.45, 2.75) is 44.9 Å². The number of alkyl halides is 2. The van der Waals surface area contributed by atoms with Crippen LogP contribution in [0, 0.1) is 5.92 Å². The van der Waals surface area contributed by atoms with E-state index in [4.69, 9.17) is 4.42 Å². The normalized spacial score (nSPS) is 11.3. The van der Waals surface area contributed by atoms with E-state index in [1.807, 2.05) is 38.1 Å². The van der Waals surface area contributed by atoms with Crippen molar-refractivity contribution in [1.29, 1.82) is 0 Å². The van der Waals surface area contributed by atoms with Crippen LogP contribution < -0.4 is 10.6 Å². The highest BCUT2D eigenvalue weighted by Gasteiger charge is 2.08. The maximum absolute atomic E-state index is 12.2. The van der Waals surface area contributed by atoms with Crippen LogP contribution in [0.5, 0.6) is 0 Å². The van der Waals surface area contributed by atoms with Crippen molar-refractivity contribution >= 4 is 23.4 Å². The van der Waals surface area contributed by atoms with Gasteiger partial charge in [0.25, 0.3) is 5.76 Å². The van der Waals surface area contributed by atoms with E-state index in [2.05, 4.69) is 10.6 Å². The number of hydrogen-bond acceptors (Lipinski definition) is 4. The largest absolute Gasteiger partial charge is 0.464 e. The molecule has 26 heavy (non-hydrogen) atoms. The summed E-state index contributed by atoms with van der Waals surface area (Å²) in [6.07, 6.45) is 0.493. The van der Waals surface area contributed by atoms with Crippen LogP contribution in [0.15, 0.2) is 40.8 Å². The lowest BCUT2D eigenvalue weighted by Crippen LogP contribution is -2.15. The summed E-state index contributed by atoms with van der Waals surface area (Å²) < 4.78 is 29.9. The average Bonchev–Trinajstić information content (AvgIpc) is 3.00. The summed E-state index contributed by atoms with van der Waals surface area (Å²) in [7, 11) is 0. The van der Waals surface area contributed by atoms with Gasteiger partial charge in [-0.2, -0.15) is 8.78 Å². The zero-order valence-corrected chi connectivity index (χ0v) is 15.7. The standard InChI is InChI=1S/C19H24F2N2O2S/c1-13(2)8-18(24)23-15-5-3-4-14(9-15)10-22-11-16-6-7-17(25-16)12-26-19(20)21/h3-7,9,13,19,22H,8,10-12H2,1-2H3,(H,23,24). The minimum atomic E-state index is -2.39. The molecule has 2 rings (SSSR count). The Balaban J connectivity index is 1.79. The first-order valence-electron chi connectivity index (χ1n) is 8.49. The number of amides is 1. The number of carbonyl (C=O) groups excluding carboxylic acids is 1. The summed E-state index contributed by atoms with van der Waals surface area (Å²) in [5, 5.41) is 6.15. The molecule has 0 unspecified atom stereocenters. The minimum absolute atomic E-state index is 0.00916. The van der Waals surface area contributed by atoms with Crippen LogP contribution in [-0.4, -0.2) is 11.7 Å². The highest BCUT2D eigenvalue weighted by molar-refractivity contribution is 7.98. The third-order valence-electron chi connectivity index (χ3n) is 3.50. The fraction of sp³-hybridized carbons (Fsp3) is 0.421. The molecule has 0 aliphatic carbocycles. The molecule has 0 saturated heterocycles. The highest BCUT2D eigenvalue weighted by Crippen LogP contribution is 2.21. The van der Waals surface area contributed by atoms with Crippen LogP contribution in [0.4, 0.5) is 14.5 Å². The number of anilines is 1. The SMILES string of the molecule is CC(C)CC(=O)Nc1cccc(CNCc2ccc(CSC(F)F)o2)c1. The molecule has 1 aromatic carbocycles. The second-order valence-corrected chi connectivity index (χ2v) is 7.37. The smallest absolute Gasteiger partial charge is 0.284 e.